The highest BCUT2D eigenvalue weighted by Gasteiger charge is 2.44. The van der Waals surface area contributed by atoms with Crippen LogP contribution < -0.4 is 4.90 Å². The van der Waals surface area contributed by atoms with Crippen LogP contribution in [0.25, 0.3) is 0 Å². The fourth-order valence-corrected chi connectivity index (χ4v) is 5.45. The van der Waals surface area contributed by atoms with E-state index in [1.807, 2.05) is 6.92 Å². The summed E-state index contributed by atoms with van der Waals surface area (Å²) in [7, 11) is 0. The van der Waals surface area contributed by atoms with Crippen molar-refractivity contribution in [3.8, 4) is 0 Å². The molecule has 1 aliphatic heterocycles. The van der Waals surface area contributed by atoms with Gasteiger partial charge >= 0.3 is 0 Å². The van der Waals surface area contributed by atoms with Gasteiger partial charge in [0.1, 0.15) is 0 Å². The third-order valence-electron chi connectivity index (χ3n) is 5.74. The minimum absolute atomic E-state index is 0.340. The predicted molar refractivity (Wildman–Crippen MR) is 89.2 cm³/mol. The molecule has 2 heterocycles. The van der Waals surface area contributed by atoms with Crippen molar-refractivity contribution in [2.75, 3.05) is 31.1 Å². The quantitative estimate of drug-likeness (QED) is 0.841. The second-order valence-electron chi connectivity index (χ2n) is 7.22. The Kier molecular flexibility index (Phi) is 3.84. The molecule has 1 aromatic heterocycles. The second-order valence-corrected chi connectivity index (χ2v) is 8.06. The van der Waals surface area contributed by atoms with Gasteiger partial charge in [0.2, 0.25) is 5.91 Å². The molecule has 5 heteroatoms. The van der Waals surface area contributed by atoms with Crippen LogP contribution in [-0.4, -0.2) is 42.0 Å². The van der Waals surface area contributed by atoms with Gasteiger partial charge in [0.05, 0.1) is 5.69 Å². The lowest BCUT2D eigenvalue weighted by Gasteiger charge is -2.28. The number of carbonyl (C=O) groups excluding carboxylic acids is 1. The second kappa shape index (κ2) is 5.84. The number of hydrogen-bond acceptors (Lipinski definition) is 4. The highest BCUT2D eigenvalue weighted by Crippen LogP contribution is 2.48. The Labute approximate surface area is 136 Å². The van der Waals surface area contributed by atoms with Gasteiger partial charge in [-0.3, -0.25) is 4.79 Å². The van der Waals surface area contributed by atoms with Gasteiger partial charge in [0.15, 0.2) is 5.13 Å². The van der Waals surface area contributed by atoms with Crippen molar-refractivity contribution in [2.24, 2.45) is 17.8 Å². The van der Waals surface area contributed by atoms with E-state index in [2.05, 4.69) is 20.2 Å². The van der Waals surface area contributed by atoms with Crippen LogP contribution >= 0.6 is 11.3 Å². The number of amides is 1. The smallest absolute Gasteiger partial charge is 0.226 e. The maximum Gasteiger partial charge on any atom is 0.226 e. The van der Waals surface area contributed by atoms with Gasteiger partial charge in [-0.25, -0.2) is 4.98 Å². The Morgan fingerprint density at radius 2 is 2.14 bits per heavy atom. The van der Waals surface area contributed by atoms with Crippen molar-refractivity contribution in [2.45, 2.75) is 39.0 Å². The van der Waals surface area contributed by atoms with E-state index in [0.717, 1.165) is 55.8 Å². The Bertz CT molecular complexity index is 558. The van der Waals surface area contributed by atoms with E-state index >= 15 is 0 Å². The molecular weight excluding hydrogens is 294 g/mol. The van der Waals surface area contributed by atoms with Gasteiger partial charge in [-0.05, 0) is 44.4 Å². The molecule has 120 valence electrons. The molecular formula is C17H25N3OS. The van der Waals surface area contributed by atoms with Crippen LogP contribution in [0.4, 0.5) is 5.13 Å². The molecule has 4 nitrogen and oxygen atoms in total. The number of nitrogens with zero attached hydrogens (tertiary/aromatic N) is 3. The van der Waals surface area contributed by atoms with Crippen LogP contribution in [0.2, 0.25) is 0 Å². The molecule has 2 bridgehead atoms. The van der Waals surface area contributed by atoms with Crippen molar-refractivity contribution in [3.05, 3.63) is 11.1 Å². The summed E-state index contributed by atoms with van der Waals surface area (Å²) in [6, 6.07) is 0. The fourth-order valence-electron chi connectivity index (χ4n) is 4.60. The van der Waals surface area contributed by atoms with Crippen LogP contribution in [0.5, 0.6) is 0 Å². The summed E-state index contributed by atoms with van der Waals surface area (Å²) in [5, 5.41) is 3.23. The van der Waals surface area contributed by atoms with Crippen LogP contribution in [0.3, 0.4) is 0 Å². The molecule has 1 amide bonds. The number of carbonyl (C=O) groups is 1. The first kappa shape index (κ1) is 14.5. The molecule has 0 spiro atoms. The van der Waals surface area contributed by atoms with Gasteiger partial charge in [0, 0.05) is 37.5 Å². The van der Waals surface area contributed by atoms with Crippen LogP contribution in [-0.2, 0) is 4.79 Å². The van der Waals surface area contributed by atoms with Crippen molar-refractivity contribution < 1.29 is 4.79 Å². The molecule has 3 atom stereocenters. The minimum Gasteiger partial charge on any atom is -0.346 e. The van der Waals surface area contributed by atoms with Gasteiger partial charge in [-0.2, -0.15) is 0 Å². The number of hydrogen-bond donors (Lipinski definition) is 0. The first-order valence-corrected chi connectivity index (χ1v) is 9.54. The first-order chi connectivity index (χ1) is 10.7. The van der Waals surface area contributed by atoms with Gasteiger partial charge < -0.3 is 9.80 Å². The first-order valence-electron chi connectivity index (χ1n) is 8.66. The number of aryl methyl sites for hydroxylation is 1. The number of rotatable bonds is 2. The molecule has 22 heavy (non-hydrogen) atoms. The standard InChI is InChI=1S/C17H25N3OS/c1-12-11-22-17(18-12)20-6-2-5-19(7-8-20)16(21)15-10-13-3-4-14(15)9-13/h11,13-15H,2-10H2,1H3. The average Bonchev–Trinajstić information content (AvgIpc) is 3.20. The molecule has 3 unspecified atom stereocenters. The minimum atomic E-state index is 0.340. The highest BCUT2D eigenvalue weighted by molar-refractivity contribution is 7.13. The lowest BCUT2D eigenvalue weighted by Crippen LogP contribution is -2.40. The maximum atomic E-state index is 12.9. The van der Waals surface area contributed by atoms with Crippen LogP contribution in [0.15, 0.2) is 5.38 Å². The zero-order chi connectivity index (χ0) is 15.1. The zero-order valence-electron chi connectivity index (χ0n) is 13.3. The molecule has 0 radical (unpaired) electrons. The fraction of sp³-hybridized carbons (Fsp3) is 0.765. The highest BCUT2D eigenvalue weighted by atomic mass is 32.1. The van der Waals surface area contributed by atoms with E-state index in [1.165, 1.54) is 19.3 Å². The van der Waals surface area contributed by atoms with Crippen molar-refractivity contribution >= 4 is 22.4 Å². The maximum absolute atomic E-state index is 12.9. The Morgan fingerprint density at radius 1 is 1.23 bits per heavy atom. The van der Waals surface area contributed by atoms with Crippen LogP contribution in [0.1, 0.15) is 37.8 Å². The summed E-state index contributed by atoms with van der Waals surface area (Å²) in [6.07, 6.45) is 6.19. The SMILES string of the molecule is Cc1csc(N2CCCN(C(=O)C3CC4CCC3C4)CC2)n1. The largest absolute Gasteiger partial charge is 0.346 e. The molecule has 3 aliphatic rings. The van der Waals surface area contributed by atoms with Crippen LogP contribution in [0, 0.1) is 24.7 Å². The molecule has 0 N–H and O–H groups in total. The monoisotopic (exact) mass is 319 g/mol. The normalized spacial score (nSPS) is 31.6. The molecule has 3 fully saturated rings. The molecule has 1 saturated heterocycles. The van der Waals surface area contributed by atoms with E-state index in [-0.39, 0.29) is 0 Å². The van der Waals surface area contributed by atoms with E-state index in [9.17, 15) is 4.79 Å². The Morgan fingerprint density at radius 3 is 2.82 bits per heavy atom. The van der Waals surface area contributed by atoms with Gasteiger partial charge in [-0.15, -0.1) is 11.3 Å². The number of aromatic nitrogens is 1. The van der Waals surface area contributed by atoms with E-state index in [1.54, 1.807) is 11.3 Å². The summed E-state index contributed by atoms with van der Waals surface area (Å²) < 4.78 is 0. The molecule has 2 saturated carbocycles. The lowest BCUT2D eigenvalue weighted by atomic mass is 9.87. The van der Waals surface area contributed by atoms with Gasteiger partial charge in [-0.1, -0.05) is 6.42 Å². The zero-order valence-corrected chi connectivity index (χ0v) is 14.1. The molecule has 1 aromatic rings. The van der Waals surface area contributed by atoms with E-state index in [0.29, 0.717) is 17.7 Å². The summed E-state index contributed by atoms with van der Waals surface area (Å²) >= 11 is 1.72. The number of fused-ring (bicyclic) bond motifs is 2. The Balaban J connectivity index is 1.39. The summed E-state index contributed by atoms with van der Waals surface area (Å²) in [5.41, 5.74) is 1.10. The number of thiazole rings is 1. The average molecular weight is 319 g/mol. The lowest BCUT2D eigenvalue weighted by molar-refractivity contribution is -0.137. The third-order valence-corrected chi connectivity index (χ3v) is 6.76. The molecule has 0 aromatic carbocycles. The van der Waals surface area contributed by atoms with E-state index < -0.39 is 0 Å². The van der Waals surface area contributed by atoms with Crippen molar-refractivity contribution in [3.63, 3.8) is 0 Å². The van der Waals surface area contributed by atoms with Crippen molar-refractivity contribution in [1.29, 1.82) is 0 Å². The van der Waals surface area contributed by atoms with E-state index in [4.69, 9.17) is 0 Å². The summed E-state index contributed by atoms with van der Waals surface area (Å²) in [6.45, 7) is 5.79. The number of anilines is 1. The predicted octanol–water partition coefficient (Wildman–Crippen LogP) is 2.93. The van der Waals surface area contributed by atoms with Crippen molar-refractivity contribution in [1.82, 2.24) is 9.88 Å². The third kappa shape index (κ3) is 2.64. The Hall–Kier alpha value is -1.10. The molecule has 4 rings (SSSR count). The topological polar surface area (TPSA) is 36.4 Å². The van der Waals surface area contributed by atoms with Gasteiger partial charge in [0.25, 0.3) is 0 Å². The summed E-state index contributed by atoms with van der Waals surface area (Å²) in [4.78, 5) is 22.0. The summed E-state index contributed by atoms with van der Waals surface area (Å²) in [5.74, 6) is 2.33. The molecule has 2 aliphatic carbocycles.